The SMILES string of the molecule is CCCCCCCCCCCCCC/C=C\CCCCCCCCCCCCCCCCC(O)C(=O)NC(CO)C(O)CCCCCCCCCCCCCCCCCCCCC. The number of unbranched alkanes of at least 4 members (excludes halogenated alkanes) is 44. The summed E-state index contributed by atoms with van der Waals surface area (Å²) in [7, 11) is 0. The number of allylic oxidation sites excluding steroid dienone is 2. The third kappa shape index (κ3) is 48.8. The molecule has 0 bridgehead atoms. The number of aliphatic hydroxyl groups excluding tert-OH is 3. The molecule has 1 amide bonds. The maximum absolute atomic E-state index is 12.6. The lowest BCUT2D eigenvalue weighted by Gasteiger charge is -2.23. The molecule has 0 aromatic carbocycles. The van der Waals surface area contributed by atoms with Crippen LogP contribution in [0, 0.1) is 0 Å². The van der Waals surface area contributed by atoms with Crippen LogP contribution in [0.25, 0.3) is 0 Å². The van der Waals surface area contributed by atoms with Gasteiger partial charge in [0.1, 0.15) is 6.10 Å². The van der Waals surface area contributed by atoms with Gasteiger partial charge in [-0.2, -0.15) is 0 Å². The molecule has 0 heterocycles. The van der Waals surface area contributed by atoms with Gasteiger partial charge in [-0.3, -0.25) is 4.79 Å². The van der Waals surface area contributed by atoms with Crippen LogP contribution in [-0.4, -0.2) is 46.1 Å². The van der Waals surface area contributed by atoms with Gasteiger partial charge in [0.15, 0.2) is 0 Å². The molecule has 0 rings (SSSR count). The Morgan fingerprint density at radius 2 is 0.603 bits per heavy atom. The first-order chi connectivity index (χ1) is 31.1. The molecule has 0 aromatic heterocycles. The molecular formula is C58H115NO4. The fraction of sp³-hybridized carbons (Fsp3) is 0.948. The molecule has 5 heteroatoms. The van der Waals surface area contributed by atoms with E-state index in [1.54, 1.807) is 0 Å². The molecule has 0 saturated heterocycles. The van der Waals surface area contributed by atoms with Crippen LogP contribution in [0.5, 0.6) is 0 Å². The summed E-state index contributed by atoms with van der Waals surface area (Å²) in [5, 5.41) is 33.6. The molecule has 63 heavy (non-hydrogen) atoms. The number of nitrogens with one attached hydrogen (secondary N) is 1. The van der Waals surface area contributed by atoms with Gasteiger partial charge in [-0.25, -0.2) is 0 Å². The normalized spacial score (nSPS) is 13.3. The maximum Gasteiger partial charge on any atom is 0.249 e. The van der Waals surface area contributed by atoms with Crippen LogP contribution in [-0.2, 0) is 4.79 Å². The molecule has 0 aromatic rings. The summed E-state index contributed by atoms with van der Waals surface area (Å²) in [4.78, 5) is 12.6. The van der Waals surface area contributed by atoms with Crippen LogP contribution in [0.2, 0.25) is 0 Å². The molecular weight excluding hydrogens is 775 g/mol. The average molecular weight is 891 g/mol. The molecule has 0 aliphatic heterocycles. The zero-order valence-electron chi connectivity index (χ0n) is 43.0. The van der Waals surface area contributed by atoms with Crippen molar-refractivity contribution in [3.8, 4) is 0 Å². The highest BCUT2D eigenvalue weighted by Gasteiger charge is 2.23. The van der Waals surface area contributed by atoms with Gasteiger partial charge in [0.25, 0.3) is 0 Å². The highest BCUT2D eigenvalue weighted by atomic mass is 16.3. The highest BCUT2D eigenvalue weighted by molar-refractivity contribution is 5.80. The van der Waals surface area contributed by atoms with E-state index in [0.29, 0.717) is 12.8 Å². The number of carbonyl (C=O) groups excluding carboxylic acids is 1. The van der Waals surface area contributed by atoms with Crippen molar-refractivity contribution in [2.45, 2.75) is 347 Å². The van der Waals surface area contributed by atoms with Gasteiger partial charge in [-0.05, 0) is 38.5 Å². The number of hydrogen-bond donors (Lipinski definition) is 4. The minimum absolute atomic E-state index is 0.309. The first-order valence-corrected chi connectivity index (χ1v) is 29.0. The molecule has 0 aliphatic carbocycles. The molecule has 3 unspecified atom stereocenters. The van der Waals surface area contributed by atoms with Crippen LogP contribution in [0.1, 0.15) is 328 Å². The predicted molar refractivity (Wildman–Crippen MR) is 278 cm³/mol. The van der Waals surface area contributed by atoms with E-state index in [-0.39, 0.29) is 6.61 Å². The van der Waals surface area contributed by atoms with Crippen LogP contribution < -0.4 is 5.32 Å². The Labute approximate surface area is 395 Å². The summed E-state index contributed by atoms with van der Waals surface area (Å²) in [5.41, 5.74) is 0. The highest BCUT2D eigenvalue weighted by Crippen LogP contribution is 2.18. The first-order valence-electron chi connectivity index (χ1n) is 29.0. The van der Waals surface area contributed by atoms with Crippen molar-refractivity contribution in [2.75, 3.05) is 6.61 Å². The van der Waals surface area contributed by atoms with Gasteiger partial charge in [0, 0.05) is 0 Å². The van der Waals surface area contributed by atoms with E-state index in [0.717, 1.165) is 32.1 Å². The van der Waals surface area contributed by atoms with Crippen LogP contribution in [0.3, 0.4) is 0 Å². The molecule has 3 atom stereocenters. The van der Waals surface area contributed by atoms with E-state index < -0.39 is 24.2 Å². The number of carbonyl (C=O) groups is 1. The fourth-order valence-electron chi connectivity index (χ4n) is 9.37. The lowest BCUT2D eigenvalue weighted by molar-refractivity contribution is -0.131. The molecule has 376 valence electrons. The van der Waals surface area contributed by atoms with Gasteiger partial charge in [-0.15, -0.1) is 0 Å². The third-order valence-electron chi connectivity index (χ3n) is 13.9. The number of aliphatic hydroxyl groups is 3. The van der Waals surface area contributed by atoms with Crippen molar-refractivity contribution < 1.29 is 20.1 Å². The zero-order valence-corrected chi connectivity index (χ0v) is 43.0. The fourth-order valence-corrected chi connectivity index (χ4v) is 9.37. The summed E-state index contributed by atoms with van der Waals surface area (Å²) in [5.74, 6) is -0.464. The molecule has 5 nitrogen and oxygen atoms in total. The van der Waals surface area contributed by atoms with Gasteiger partial charge in [0.05, 0.1) is 18.8 Å². The first kappa shape index (κ1) is 62.1. The van der Waals surface area contributed by atoms with E-state index in [1.807, 2.05) is 0 Å². The van der Waals surface area contributed by atoms with E-state index in [1.165, 1.54) is 270 Å². The summed E-state index contributed by atoms with van der Waals surface area (Å²) >= 11 is 0. The average Bonchev–Trinajstić information content (AvgIpc) is 3.29. The number of amides is 1. The van der Waals surface area contributed by atoms with Gasteiger partial charge >= 0.3 is 0 Å². The summed E-state index contributed by atoms with van der Waals surface area (Å²) in [6.45, 7) is 4.27. The van der Waals surface area contributed by atoms with E-state index in [4.69, 9.17) is 0 Å². The maximum atomic E-state index is 12.6. The minimum atomic E-state index is -1.07. The van der Waals surface area contributed by atoms with Crippen molar-refractivity contribution in [1.82, 2.24) is 5.32 Å². The summed E-state index contributed by atoms with van der Waals surface area (Å²) < 4.78 is 0. The smallest absolute Gasteiger partial charge is 0.249 e. The van der Waals surface area contributed by atoms with E-state index >= 15 is 0 Å². The number of rotatable bonds is 54. The predicted octanol–water partition coefficient (Wildman–Crippen LogP) is 17.9. The minimum Gasteiger partial charge on any atom is -0.394 e. The topological polar surface area (TPSA) is 89.8 Å². The second-order valence-corrected chi connectivity index (χ2v) is 20.2. The third-order valence-corrected chi connectivity index (χ3v) is 13.9. The van der Waals surface area contributed by atoms with Crippen molar-refractivity contribution in [3.63, 3.8) is 0 Å². The summed E-state index contributed by atoms with van der Waals surface area (Å²) in [6.07, 6.45) is 66.9. The van der Waals surface area contributed by atoms with Gasteiger partial charge < -0.3 is 20.6 Å². The van der Waals surface area contributed by atoms with Crippen molar-refractivity contribution in [2.24, 2.45) is 0 Å². The van der Waals surface area contributed by atoms with Gasteiger partial charge in [-0.1, -0.05) is 302 Å². The van der Waals surface area contributed by atoms with Crippen LogP contribution in [0.4, 0.5) is 0 Å². The Morgan fingerprint density at radius 3 is 0.873 bits per heavy atom. The number of hydrogen-bond acceptors (Lipinski definition) is 4. The van der Waals surface area contributed by atoms with Gasteiger partial charge in [0.2, 0.25) is 5.91 Å². The summed E-state index contributed by atoms with van der Waals surface area (Å²) in [6, 6.07) is -0.709. The van der Waals surface area contributed by atoms with E-state index in [2.05, 4.69) is 31.3 Å². The Kier molecular flexibility index (Phi) is 52.9. The largest absolute Gasteiger partial charge is 0.394 e. The standard InChI is InChI=1S/C58H115NO4/c1-3-5-7-9-11-13-15-17-19-21-23-24-25-26-27-28-29-30-31-32-33-35-37-39-41-43-45-47-49-51-53-57(62)58(63)59-55(54-60)56(61)52-50-48-46-44-42-40-38-36-34-22-20-18-16-14-12-10-8-6-4-2/h26-27,55-57,60-62H,3-25,28-54H2,1-2H3,(H,59,63)/b27-26-. The lowest BCUT2D eigenvalue weighted by Crippen LogP contribution is -2.49. The molecule has 0 saturated carbocycles. The van der Waals surface area contributed by atoms with Crippen molar-refractivity contribution in [1.29, 1.82) is 0 Å². The Balaban J connectivity index is 3.49. The molecule has 0 radical (unpaired) electrons. The molecule has 4 N–H and O–H groups in total. The Morgan fingerprint density at radius 1 is 0.365 bits per heavy atom. The van der Waals surface area contributed by atoms with Crippen molar-refractivity contribution >= 4 is 5.91 Å². The second-order valence-electron chi connectivity index (χ2n) is 20.2. The van der Waals surface area contributed by atoms with E-state index in [9.17, 15) is 20.1 Å². The monoisotopic (exact) mass is 890 g/mol. The van der Waals surface area contributed by atoms with Crippen LogP contribution in [0.15, 0.2) is 12.2 Å². The van der Waals surface area contributed by atoms with Crippen molar-refractivity contribution in [3.05, 3.63) is 12.2 Å². The molecule has 0 fully saturated rings. The Bertz CT molecular complexity index is 894. The zero-order chi connectivity index (χ0) is 45.8. The Hall–Kier alpha value is -0.910. The van der Waals surface area contributed by atoms with Crippen LogP contribution >= 0.6 is 0 Å². The lowest BCUT2D eigenvalue weighted by atomic mass is 10.0. The quantitative estimate of drug-likeness (QED) is 0.0362. The molecule has 0 aliphatic rings. The second kappa shape index (κ2) is 53.7. The molecule has 0 spiro atoms.